The van der Waals surface area contributed by atoms with Gasteiger partial charge in [0.25, 0.3) is 0 Å². The minimum absolute atomic E-state index is 0.104. The van der Waals surface area contributed by atoms with Crippen LogP contribution in [0.1, 0.15) is 33.6 Å². The van der Waals surface area contributed by atoms with Gasteiger partial charge >= 0.3 is 18.2 Å². The van der Waals surface area contributed by atoms with Crippen molar-refractivity contribution in [3.8, 4) is 0 Å². The zero-order valence-electron chi connectivity index (χ0n) is 11.5. The average Bonchev–Trinajstić information content (AvgIpc) is 2.21. The lowest BCUT2D eigenvalue weighted by Crippen LogP contribution is -2.55. The summed E-state index contributed by atoms with van der Waals surface area (Å²) in [5.41, 5.74) is 5.23. The molecule has 0 aliphatic heterocycles. The van der Waals surface area contributed by atoms with Gasteiger partial charge in [-0.15, -0.1) is 0 Å². The van der Waals surface area contributed by atoms with E-state index in [1.165, 1.54) is 0 Å². The first-order chi connectivity index (χ1) is 8.83. The summed E-state index contributed by atoms with van der Waals surface area (Å²) in [6.07, 6.45) is -3.51. The van der Waals surface area contributed by atoms with Gasteiger partial charge in [0.15, 0.2) is 0 Å². The molecular weight excluding hydrogens is 281 g/mol. The summed E-state index contributed by atoms with van der Waals surface area (Å²) >= 11 is 0. The van der Waals surface area contributed by atoms with E-state index in [9.17, 15) is 18.0 Å². The number of carboxylic acids is 1. The second kappa shape index (κ2) is 6.78. The van der Waals surface area contributed by atoms with Gasteiger partial charge in [-0.2, -0.15) is 13.2 Å². The van der Waals surface area contributed by atoms with E-state index in [0.717, 1.165) is 12.8 Å². The summed E-state index contributed by atoms with van der Waals surface area (Å²) in [7, 11) is 0. The Morgan fingerprint density at radius 2 is 1.70 bits per heavy atom. The molecule has 0 aromatic rings. The van der Waals surface area contributed by atoms with E-state index in [1.807, 2.05) is 20.8 Å². The van der Waals surface area contributed by atoms with E-state index < -0.39 is 17.7 Å². The lowest BCUT2D eigenvalue weighted by molar-refractivity contribution is -0.192. The van der Waals surface area contributed by atoms with Crippen molar-refractivity contribution in [1.82, 2.24) is 5.32 Å². The predicted molar refractivity (Wildman–Crippen MR) is 64.1 cm³/mol. The summed E-state index contributed by atoms with van der Waals surface area (Å²) in [5.74, 6) is -2.76. The zero-order valence-corrected chi connectivity index (χ0v) is 11.5. The molecule has 1 fully saturated rings. The third kappa shape index (κ3) is 7.82. The van der Waals surface area contributed by atoms with Gasteiger partial charge in [-0.1, -0.05) is 0 Å². The molecule has 4 N–H and O–H groups in total. The number of carbonyl (C=O) groups is 2. The third-order valence-electron chi connectivity index (χ3n) is 2.27. The summed E-state index contributed by atoms with van der Waals surface area (Å²) < 4.78 is 36.8. The fourth-order valence-electron chi connectivity index (χ4n) is 1.16. The maximum Gasteiger partial charge on any atom is 0.490 e. The van der Waals surface area contributed by atoms with Gasteiger partial charge in [-0.25, -0.2) is 9.59 Å². The topological polar surface area (TPSA) is 102 Å². The first-order valence-electron chi connectivity index (χ1n) is 5.88. The molecule has 1 saturated carbocycles. The number of rotatable bonds is 1. The number of nitrogens with two attached hydrogens (primary N) is 1. The number of amides is 1. The fourth-order valence-corrected chi connectivity index (χ4v) is 1.16. The minimum Gasteiger partial charge on any atom is -0.475 e. The number of ether oxygens (including phenoxy) is 1. The van der Waals surface area contributed by atoms with Crippen LogP contribution in [0.2, 0.25) is 0 Å². The molecule has 0 unspecified atom stereocenters. The van der Waals surface area contributed by atoms with Crippen LogP contribution in [0, 0.1) is 0 Å². The van der Waals surface area contributed by atoms with Crippen molar-refractivity contribution in [2.75, 3.05) is 0 Å². The molecular formula is C11H19F3N2O4. The Hall–Kier alpha value is -1.51. The molecule has 0 heterocycles. The van der Waals surface area contributed by atoms with E-state index in [1.54, 1.807) is 0 Å². The highest BCUT2D eigenvalue weighted by Gasteiger charge is 2.38. The number of hydrogen-bond donors (Lipinski definition) is 3. The molecule has 0 saturated heterocycles. The van der Waals surface area contributed by atoms with E-state index in [2.05, 4.69) is 5.32 Å². The number of carbonyl (C=O) groups excluding carboxylic acids is 1. The van der Waals surface area contributed by atoms with E-state index >= 15 is 0 Å². The highest BCUT2D eigenvalue weighted by molar-refractivity contribution is 5.73. The maximum atomic E-state index is 11.2. The number of halogens is 3. The first kappa shape index (κ1) is 18.5. The molecule has 0 aromatic heterocycles. The van der Waals surface area contributed by atoms with Crippen LogP contribution in [-0.4, -0.2) is 41.0 Å². The van der Waals surface area contributed by atoms with Gasteiger partial charge in [0, 0.05) is 12.1 Å². The van der Waals surface area contributed by atoms with Crippen molar-refractivity contribution >= 4 is 12.1 Å². The van der Waals surface area contributed by atoms with Gasteiger partial charge in [-0.3, -0.25) is 0 Å². The van der Waals surface area contributed by atoms with Crippen LogP contribution in [0.15, 0.2) is 0 Å². The molecule has 1 amide bonds. The Bertz CT molecular complexity index is 353. The maximum absolute atomic E-state index is 11.2. The van der Waals surface area contributed by atoms with Crippen LogP contribution < -0.4 is 11.1 Å². The van der Waals surface area contributed by atoms with Crippen LogP contribution in [0.4, 0.5) is 18.0 Å². The Morgan fingerprint density at radius 1 is 1.25 bits per heavy atom. The number of aliphatic carboxylic acids is 1. The minimum atomic E-state index is -5.08. The molecule has 0 spiro atoms. The van der Waals surface area contributed by atoms with Crippen molar-refractivity contribution in [2.24, 2.45) is 5.73 Å². The van der Waals surface area contributed by atoms with Crippen molar-refractivity contribution in [3.05, 3.63) is 0 Å². The smallest absolute Gasteiger partial charge is 0.475 e. The second-order valence-electron chi connectivity index (χ2n) is 5.30. The van der Waals surface area contributed by atoms with Crippen molar-refractivity contribution < 1.29 is 32.6 Å². The number of alkyl carbamates (subject to hydrolysis) is 1. The van der Waals surface area contributed by atoms with Crippen molar-refractivity contribution in [2.45, 2.75) is 57.5 Å². The van der Waals surface area contributed by atoms with E-state index in [0.29, 0.717) is 0 Å². The number of hydrogen-bond acceptors (Lipinski definition) is 4. The highest BCUT2D eigenvalue weighted by Crippen LogP contribution is 2.18. The second-order valence-corrected chi connectivity index (χ2v) is 5.30. The first-order valence-corrected chi connectivity index (χ1v) is 5.88. The predicted octanol–water partition coefficient (Wildman–Crippen LogP) is 1.63. The summed E-state index contributed by atoms with van der Waals surface area (Å²) in [4.78, 5) is 20.1. The van der Waals surface area contributed by atoms with Gasteiger partial charge < -0.3 is 20.9 Å². The lowest BCUT2D eigenvalue weighted by Gasteiger charge is -2.34. The summed E-state index contributed by atoms with van der Waals surface area (Å²) in [5, 5.41) is 9.86. The third-order valence-corrected chi connectivity index (χ3v) is 2.27. The number of carboxylic acid groups (broad SMARTS) is 1. The quantitative estimate of drug-likeness (QED) is 0.683. The number of nitrogens with one attached hydrogen (secondary N) is 1. The molecule has 0 bridgehead atoms. The van der Waals surface area contributed by atoms with Gasteiger partial charge in [0.1, 0.15) is 5.60 Å². The van der Waals surface area contributed by atoms with Crippen LogP contribution >= 0.6 is 0 Å². The standard InChI is InChI=1S/C9H18N2O2.C2HF3O2/c1-9(2,3)13-8(12)11-7-5-4-6(7)10;3-2(4,5)1(6)7/h6-7H,4-5,10H2,1-3H3,(H,11,12);(H,6,7)/t6-,7+;/m0./s1. The zero-order chi connectivity index (χ0) is 16.1. The van der Waals surface area contributed by atoms with Crippen LogP contribution in [0.5, 0.6) is 0 Å². The van der Waals surface area contributed by atoms with Gasteiger partial charge in [-0.05, 0) is 33.6 Å². The Labute approximate surface area is 114 Å². The molecule has 0 radical (unpaired) electrons. The monoisotopic (exact) mass is 300 g/mol. The Morgan fingerprint density at radius 3 is 1.90 bits per heavy atom. The summed E-state index contributed by atoms with van der Waals surface area (Å²) in [6.45, 7) is 5.52. The van der Waals surface area contributed by atoms with E-state index in [-0.39, 0.29) is 18.2 Å². The Kier molecular flexibility index (Phi) is 6.27. The van der Waals surface area contributed by atoms with E-state index in [4.69, 9.17) is 20.4 Å². The Balaban J connectivity index is 0.000000441. The lowest BCUT2D eigenvalue weighted by atomic mass is 9.87. The molecule has 20 heavy (non-hydrogen) atoms. The molecule has 1 aliphatic rings. The molecule has 0 aromatic carbocycles. The van der Waals surface area contributed by atoms with Crippen LogP contribution in [0.25, 0.3) is 0 Å². The normalized spacial score (nSPS) is 21.9. The van der Waals surface area contributed by atoms with Crippen molar-refractivity contribution in [1.29, 1.82) is 0 Å². The SMILES string of the molecule is CC(C)(C)OC(=O)N[C@@H]1CC[C@@H]1N.O=C(O)C(F)(F)F. The molecule has 1 rings (SSSR count). The van der Waals surface area contributed by atoms with Crippen LogP contribution in [-0.2, 0) is 9.53 Å². The molecule has 118 valence electrons. The largest absolute Gasteiger partial charge is 0.490 e. The molecule has 2 atom stereocenters. The van der Waals surface area contributed by atoms with Crippen molar-refractivity contribution in [3.63, 3.8) is 0 Å². The molecule has 1 aliphatic carbocycles. The number of alkyl halides is 3. The fraction of sp³-hybridized carbons (Fsp3) is 0.818. The highest BCUT2D eigenvalue weighted by atomic mass is 19.4. The van der Waals surface area contributed by atoms with Gasteiger partial charge in [0.2, 0.25) is 0 Å². The molecule has 6 nitrogen and oxygen atoms in total. The molecule has 9 heteroatoms. The average molecular weight is 300 g/mol. The van der Waals surface area contributed by atoms with Gasteiger partial charge in [0.05, 0.1) is 0 Å². The van der Waals surface area contributed by atoms with Crippen LogP contribution in [0.3, 0.4) is 0 Å². The summed E-state index contributed by atoms with van der Waals surface area (Å²) in [6, 6.07) is 0.211.